The van der Waals surface area contributed by atoms with Gasteiger partial charge in [-0.1, -0.05) is 12.1 Å². The number of imide groups is 1. The van der Waals surface area contributed by atoms with E-state index < -0.39 is 22.9 Å². The third-order valence-corrected chi connectivity index (χ3v) is 5.86. The third-order valence-electron chi connectivity index (χ3n) is 5.05. The molecule has 2 saturated heterocycles. The summed E-state index contributed by atoms with van der Waals surface area (Å²) in [5.74, 6) is 0.147. The van der Waals surface area contributed by atoms with Gasteiger partial charge in [-0.05, 0) is 59.8 Å². The maximum Gasteiger partial charge on any atom is 0.416 e. The lowest BCUT2D eigenvalue weighted by Crippen LogP contribution is -2.34. The number of nitrogens with one attached hydrogen (secondary N) is 1. The van der Waals surface area contributed by atoms with Crippen molar-refractivity contribution in [2.45, 2.75) is 6.18 Å². The van der Waals surface area contributed by atoms with Crippen LogP contribution in [0.4, 0.5) is 28.4 Å². The Bertz CT molecular complexity index is 1100. The van der Waals surface area contributed by atoms with Crippen LogP contribution < -0.4 is 15.0 Å². The molecule has 1 N–H and O–H groups in total. The maximum atomic E-state index is 12.7. The molecule has 172 valence electrons. The Balaban J connectivity index is 1.28. The van der Waals surface area contributed by atoms with Gasteiger partial charge in [-0.3, -0.25) is 19.8 Å². The number of urea groups is 1. The van der Waals surface area contributed by atoms with Gasteiger partial charge in [0.25, 0.3) is 11.1 Å². The smallest absolute Gasteiger partial charge is 0.416 e. The van der Waals surface area contributed by atoms with Crippen molar-refractivity contribution in [3.63, 3.8) is 0 Å². The molecule has 0 bridgehead atoms. The molecule has 2 aliphatic heterocycles. The zero-order chi connectivity index (χ0) is 23.6. The summed E-state index contributed by atoms with van der Waals surface area (Å²) in [6.07, 6.45) is -2.82. The lowest BCUT2D eigenvalue weighted by Gasteiger charge is -2.19. The number of alkyl halides is 3. The van der Waals surface area contributed by atoms with Crippen molar-refractivity contribution in [1.29, 1.82) is 0 Å². The Morgan fingerprint density at radius 3 is 2.30 bits per heavy atom. The largest absolute Gasteiger partial charge is 0.492 e. The van der Waals surface area contributed by atoms with Crippen molar-refractivity contribution in [2.75, 3.05) is 31.1 Å². The van der Waals surface area contributed by atoms with E-state index in [0.29, 0.717) is 36.0 Å². The van der Waals surface area contributed by atoms with Crippen LogP contribution in [0.3, 0.4) is 0 Å². The zero-order valence-corrected chi connectivity index (χ0v) is 17.9. The molecule has 2 aromatic carbocycles. The molecule has 0 aliphatic carbocycles. The average molecular weight is 477 g/mol. The Kier molecular flexibility index (Phi) is 6.32. The summed E-state index contributed by atoms with van der Waals surface area (Å²) in [7, 11) is 0. The molecule has 0 atom stereocenters. The summed E-state index contributed by atoms with van der Waals surface area (Å²) in [6, 6.07) is 11.1. The van der Waals surface area contributed by atoms with Gasteiger partial charge in [-0.25, -0.2) is 4.79 Å². The van der Waals surface area contributed by atoms with E-state index in [1.165, 1.54) is 17.0 Å². The normalized spacial score (nSPS) is 17.8. The molecule has 0 unspecified atom stereocenters. The highest BCUT2D eigenvalue weighted by molar-refractivity contribution is 8.18. The maximum absolute atomic E-state index is 12.7. The minimum absolute atomic E-state index is 0.236. The summed E-state index contributed by atoms with van der Waals surface area (Å²) in [6.45, 7) is 1.37. The Hall–Kier alpha value is -3.47. The number of ether oxygens (including phenoxy) is 1. The first-order valence-corrected chi connectivity index (χ1v) is 10.7. The number of amides is 4. The van der Waals surface area contributed by atoms with E-state index in [9.17, 15) is 27.6 Å². The number of rotatable bonds is 6. The number of hydrogen-bond acceptors (Lipinski definition) is 5. The summed E-state index contributed by atoms with van der Waals surface area (Å²) >= 11 is 0.840. The van der Waals surface area contributed by atoms with E-state index in [2.05, 4.69) is 5.32 Å². The quantitative estimate of drug-likeness (QED) is 0.626. The summed E-state index contributed by atoms with van der Waals surface area (Å²) in [5.41, 5.74) is 0.387. The highest BCUT2D eigenvalue weighted by Gasteiger charge is 2.32. The molecule has 11 heteroatoms. The molecule has 2 aliphatic rings. The SMILES string of the molecule is O=C1NC(=O)/C(=C/c2ccc(OCCN3CCN(c4ccc(C(F)(F)F)cc4)C3=O)cc2)S1. The van der Waals surface area contributed by atoms with Crippen molar-refractivity contribution in [1.82, 2.24) is 10.2 Å². The predicted octanol–water partition coefficient (Wildman–Crippen LogP) is 4.35. The van der Waals surface area contributed by atoms with Crippen molar-refractivity contribution in [2.24, 2.45) is 0 Å². The third kappa shape index (κ3) is 5.30. The highest BCUT2D eigenvalue weighted by atomic mass is 32.2. The average Bonchev–Trinajstić information content (AvgIpc) is 3.29. The lowest BCUT2D eigenvalue weighted by atomic mass is 10.2. The topological polar surface area (TPSA) is 79.0 Å². The number of benzene rings is 2. The highest BCUT2D eigenvalue weighted by Crippen LogP contribution is 2.31. The lowest BCUT2D eigenvalue weighted by molar-refractivity contribution is -0.137. The van der Waals surface area contributed by atoms with Crippen molar-refractivity contribution >= 4 is 40.7 Å². The van der Waals surface area contributed by atoms with Gasteiger partial charge in [-0.15, -0.1) is 0 Å². The fourth-order valence-electron chi connectivity index (χ4n) is 3.37. The number of thioether (sulfide) groups is 1. The van der Waals surface area contributed by atoms with E-state index in [-0.39, 0.29) is 12.6 Å². The molecule has 4 rings (SSSR count). The van der Waals surface area contributed by atoms with Gasteiger partial charge in [0.1, 0.15) is 12.4 Å². The first-order chi connectivity index (χ1) is 15.7. The molecule has 0 radical (unpaired) electrons. The molecule has 4 amide bonds. The van der Waals surface area contributed by atoms with Gasteiger partial charge in [0.05, 0.1) is 17.0 Å². The number of halogens is 3. The van der Waals surface area contributed by atoms with Crippen molar-refractivity contribution in [3.05, 3.63) is 64.6 Å². The van der Waals surface area contributed by atoms with Gasteiger partial charge in [0.15, 0.2) is 0 Å². The van der Waals surface area contributed by atoms with E-state index in [1.807, 2.05) is 0 Å². The van der Waals surface area contributed by atoms with Crippen LogP contribution in [0.25, 0.3) is 6.08 Å². The van der Waals surface area contributed by atoms with Crippen LogP contribution in [-0.4, -0.2) is 48.3 Å². The van der Waals surface area contributed by atoms with Crippen LogP contribution in [0.15, 0.2) is 53.4 Å². The number of hydrogen-bond donors (Lipinski definition) is 1. The second-order valence-electron chi connectivity index (χ2n) is 7.24. The monoisotopic (exact) mass is 477 g/mol. The van der Waals surface area contributed by atoms with Gasteiger partial charge in [0, 0.05) is 18.8 Å². The Morgan fingerprint density at radius 2 is 1.70 bits per heavy atom. The Morgan fingerprint density at radius 1 is 1.00 bits per heavy atom. The summed E-state index contributed by atoms with van der Waals surface area (Å²) < 4.78 is 43.8. The summed E-state index contributed by atoms with van der Waals surface area (Å²) in [4.78, 5) is 38.7. The first kappa shape index (κ1) is 22.7. The van der Waals surface area contributed by atoms with Crippen molar-refractivity contribution < 1.29 is 32.3 Å². The standard InChI is InChI=1S/C22H18F3N3O4S/c23-22(24,25)15-3-5-16(6-4-15)28-10-9-27(21(28)31)11-12-32-17-7-1-14(2-8-17)13-18-19(29)26-20(30)33-18/h1-8,13H,9-12H2,(H,26,29,30)/b18-13-. The minimum atomic E-state index is -4.42. The molecule has 0 aromatic heterocycles. The predicted molar refractivity (Wildman–Crippen MR) is 117 cm³/mol. The molecule has 33 heavy (non-hydrogen) atoms. The Labute approximate surface area is 191 Å². The molecular formula is C22H18F3N3O4S. The second-order valence-corrected chi connectivity index (χ2v) is 8.25. The van der Waals surface area contributed by atoms with Gasteiger partial charge >= 0.3 is 12.2 Å². The zero-order valence-electron chi connectivity index (χ0n) is 17.1. The van der Waals surface area contributed by atoms with Gasteiger partial charge in [0.2, 0.25) is 0 Å². The van der Waals surface area contributed by atoms with Crippen LogP contribution in [0.1, 0.15) is 11.1 Å². The minimum Gasteiger partial charge on any atom is -0.492 e. The number of carbonyl (C=O) groups excluding carboxylic acids is 3. The molecule has 2 fully saturated rings. The van der Waals surface area contributed by atoms with Crippen LogP contribution >= 0.6 is 11.8 Å². The molecule has 0 saturated carbocycles. The van der Waals surface area contributed by atoms with Crippen LogP contribution in [0.5, 0.6) is 5.75 Å². The fraction of sp³-hybridized carbons (Fsp3) is 0.227. The van der Waals surface area contributed by atoms with E-state index in [0.717, 1.165) is 29.5 Å². The molecule has 2 aromatic rings. The molecular weight excluding hydrogens is 459 g/mol. The number of nitrogens with zero attached hydrogens (tertiary/aromatic N) is 2. The van der Waals surface area contributed by atoms with Crippen LogP contribution in [0, 0.1) is 0 Å². The number of carbonyl (C=O) groups is 3. The van der Waals surface area contributed by atoms with Crippen LogP contribution in [-0.2, 0) is 11.0 Å². The molecule has 0 spiro atoms. The molecule has 2 heterocycles. The summed E-state index contributed by atoms with van der Waals surface area (Å²) in [5, 5.41) is 1.79. The van der Waals surface area contributed by atoms with Gasteiger partial charge < -0.3 is 9.64 Å². The van der Waals surface area contributed by atoms with Gasteiger partial charge in [-0.2, -0.15) is 13.2 Å². The number of anilines is 1. The van der Waals surface area contributed by atoms with E-state index in [1.54, 1.807) is 35.2 Å². The molecule has 7 nitrogen and oxygen atoms in total. The van der Waals surface area contributed by atoms with E-state index in [4.69, 9.17) is 4.74 Å². The van der Waals surface area contributed by atoms with Crippen LogP contribution in [0.2, 0.25) is 0 Å². The first-order valence-electron chi connectivity index (χ1n) is 9.92. The van der Waals surface area contributed by atoms with E-state index >= 15 is 0 Å². The van der Waals surface area contributed by atoms with Crippen molar-refractivity contribution in [3.8, 4) is 5.75 Å². The second kappa shape index (κ2) is 9.18. The fourth-order valence-corrected chi connectivity index (χ4v) is 4.05.